The number of halogens is 1. The van der Waals surface area contributed by atoms with E-state index in [-0.39, 0.29) is 12.1 Å². The number of ether oxygens (including phenoxy) is 2. The molecule has 3 atom stereocenters. The van der Waals surface area contributed by atoms with E-state index in [9.17, 15) is 4.79 Å². The Balaban J connectivity index is 0.982. The Labute approximate surface area is 222 Å². The number of nitrogens with one attached hydrogen (secondary N) is 3. The minimum Gasteiger partial charge on any atom is -0.441 e. The van der Waals surface area contributed by atoms with Crippen molar-refractivity contribution in [1.82, 2.24) is 44.6 Å². The van der Waals surface area contributed by atoms with Gasteiger partial charge in [0.25, 0.3) is 0 Å². The zero-order valence-corrected chi connectivity index (χ0v) is 21.3. The van der Waals surface area contributed by atoms with Crippen LogP contribution in [-0.4, -0.2) is 82.9 Å². The molecule has 0 aromatic carbocycles. The van der Waals surface area contributed by atoms with Crippen molar-refractivity contribution in [2.45, 2.75) is 56.3 Å². The van der Waals surface area contributed by atoms with Gasteiger partial charge in [-0.15, -0.1) is 0 Å². The quantitative estimate of drug-likeness (QED) is 0.310. The number of hydrogen-bond acceptors (Lipinski definition) is 9. The molecule has 3 N–H and O–H groups in total. The zero-order valence-electron chi connectivity index (χ0n) is 21.3. The Kier molecular flexibility index (Phi) is 5.74. The molecule has 1 aliphatic carbocycles. The Morgan fingerprint density at radius 1 is 1.33 bits per heavy atom. The highest BCUT2D eigenvalue weighted by atomic mass is 19.1. The summed E-state index contributed by atoms with van der Waals surface area (Å²) in [7, 11) is 0. The summed E-state index contributed by atoms with van der Waals surface area (Å²) in [4.78, 5) is 23.6. The van der Waals surface area contributed by atoms with Crippen LogP contribution in [0.1, 0.15) is 43.3 Å². The molecule has 13 nitrogen and oxygen atoms in total. The second-order valence-electron chi connectivity index (χ2n) is 10.7. The maximum atomic E-state index is 15.1. The minimum atomic E-state index is -1.52. The second-order valence-corrected chi connectivity index (χ2v) is 10.7. The number of amides is 1. The van der Waals surface area contributed by atoms with Crippen LogP contribution in [0.2, 0.25) is 0 Å². The summed E-state index contributed by atoms with van der Waals surface area (Å²) in [5.74, 6) is 0.975. The fourth-order valence-electron chi connectivity index (χ4n) is 5.03. The molecular weight excluding hydrogens is 507 g/mol. The van der Waals surface area contributed by atoms with Gasteiger partial charge in [-0.3, -0.25) is 19.1 Å². The molecule has 2 aliphatic heterocycles. The third-order valence-corrected chi connectivity index (χ3v) is 7.54. The van der Waals surface area contributed by atoms with Crippen LogP contribution in [0.15, 0.2) is 43.0 Å². The molecule has 39 heavy (non-hydrogen) atoms. The highest BCUT2D eigenvalue weighted by Gasteiger charge is 2.44. The number of likely N-dealkylation sites (tertiary alicyclic amines) is 1. The van der Waals surface area contributed by atoms with E-state index in [1.807, 2.05) is 40.5 Å². The highest BCUT2D eigenvalue weighted by Crippen LogP contribution is 2.36. The fourth-order valence-corrected chi connectivity index (χ4v) is 5.03. The van der Waals surface area contributed by atoms with Gasteiger partial charge in [-0.1, -0.05) is 0 Å². The van der Waals surface area contributed by atoms with E-state index < -0.39 is 24.5 Å². The largest absolute Gasteiger partial charge is 0.441 e. The first kappa shape index (κ1) is 24.0. The van der Waals surface area contributed by atoms with Crippen LogP contribution in [0.4, 0.5) is 21.0 Å². The van der Waals surface area contributed by atoms with Crippen molar-refractivity contribution >= 4 is 23.5 Å². The number of imidazole rings is 1. The molecule has 6 heterocycles. The zero-order chi connectivity index (χ0) is 26.6. The van der Waals surface area contributed by atoms with Crippen LogP contribution in [0, 0.1) is 0 Å². The lowest BCUT2D eigenvalue weighted by Crippen LogP contribution is -2.47. The van der Waals surface area contributed by atoms with Gasteiger partial charge in [-0.25, -0.2) is 19.2 Å². The molecule has 0 bridgehead atoms. The third kappa shape index (κ3) is 4.81. The van der Waals surface area contributed by atoms with E-state index in [1.54, 1.807) is 18.5 Å². The van der Waals surface area contributed by atoms with Gasteiger partial charge in [-0.2, -0.15) is 10.2 Å². The predicted octanol–water partition coefficient (Wildman–Crippen LogP) is 2.51. The SMILES string of the molecule is CC1(NC(=O)O[C@@H]2CO[C@H](c3cc(Nc4nccc5nc(CN6CC(n7cccn7)C6)cn45)n[nH]3)[C@@H]2F)CC1. The lowest BCUT2D eigenvalue weighted by atomic mass is 10.1. The van der Waals surface area contributed by atoms with Crippen molar-refractivity contribution in [3.05, 3.63) is 54.4 Å². The molecule has 4 aromatic rings. The lowest BCUT2D eigenvalue weighted by molar-refractivity contribution is 0.0604. The minimum absolute atomic E-state index is 0.0316. The van der Waals surface area contributed by atoms with Crippen LogP contribution in [0.25, 0.3) is 5.65 Å². The van der Waals surface area contributed by atoms with Crippen molar-refractivity contribution in [3.8, 4) is 0 Å². The molecule has 0 unspecified atom stereocenters. The Morgan fingerprint density at radius 2 is 2.21 bits per heavy atom. The van der Waals surface area contributed by atoms with Gasteiger partial charge in [0.15, 0.2) is 18.1 Å². The molecule has 3 fully saturated rings. The fraction of sp³-hybridized carbons (Fsp3) is 0.480. The molecule has 1 saturated carbocycles. The summed E-state index contributed by atoms with van der Waals surface area (Å²) in [6.07, 6.45) is 5.14. The summed E-state index contributed by atoms with van der Waals surface area (Å²) in [5.41, 5.74) is 1.88. The van der Waals surface area contributed by atoms with E-state index in [1.165, 1.54) is 0 Å². The molecule has 0 radical (unpaired) electrons. The number of anilines is 2. The predicted molar refractivity (Wildman–Crippen MR) is 136 cm³/mol. The Hall–Kier alpha value is -4.04. The van der Waals surface area contributed by atoms with E-state index in [0.717, 1.165) is 43.8 Å². The van der Waals surface area contributed by atoms with Gasteiger partial charge in [0.1, 0.15) is 11.8 Å². The van der Waals surface area contributed by atoms with Gasteiger partial charge in [-0.05, 0) is 31.9 Å². The maximum Gasteiger partial charge on any atom is 0.408 e. The molecule has 7 rings (SSSR count). The molecule has 2 saturated heterocycles. The number of carbonyl (C=O) groups excluding carboxylic acids is 1. The summed E-state index contributed by atoms with van der Waals surface area (Å²) < 4.78 is 29.9. The standard InChI is InChI=1S/C25H29FN10O3/c1-25(4-5-25)31-24(37)39-18-14-38-22(21(18)26)17-9-19(33-32-17)30-23-27-7-3-20-29-15(11-35(20)23)10-34-12-16(13-34)36-8-2-6-28-36/h2-3,6-9,11,16,18,21-22H,4-5,10,12-14H2,1H3,(H,31,37)(H2,27,30,32,33)/t18-,21-,22-/m1/s1. The topological polar surface area (TPSA) is 140 Å². The van der Waals surface area contributed by atoms with Gasteiger partial charge in [0.2, 0.25) is 5.95 Å². The van der Waals surface area contributed by atoms with Crippen LogP contribution in [-0.2, 0) is 16.0 Å². The van der Waals surface area contributed by atoms with Gasteiger partial charge in [0, 0.05) is 56.0 Å². The Morgan fingerprint density at radius 3 is 3.00 bits per heavy atom. The number of aromatic amines is 1. The van der Waals surface area contributed by atoms with Crippen molar-refractivity contribution in [1.29, 1.82) is 0 Å². The smallest absolute Gasteiger partial charge is 0.408 e. The van der Waals surface area contributed by atoms with E-state index in [2.05, 4.69) is 35.8 Å². The number of H-pyrrole nitrogens is 1. The molecule has 14 heteroatoms. The van der Waals surface area contributed by atoms with Crippen molar-refractivity contribution in [3.63, 3.8) is 0 Å². The molecule has 4 aromatic heterocycles. The number of fused-ring (bicyclic) bond motifs is 1. The average Bonchev–Trinajstić information content (AvgIpc) is 3.42. The number of nitrogens with zero attached hydrogens (tertiary/aromatic N) is 7. The van der Waals surface area contributed by atoms with Gasteiger partial charge < -0.3 is 20.1 Å². The van der Waals surface area contributed by atoms with E-state index in [4.69, 9.17) is 14.5 Å². The first-order chi connectivity index (χ1) is 18.9. The van der Waals surface area contributed by atoms with Crippen LogP contribution >= 0.6 is 0 Å². The Bertz CT molecular complexity index is 1480. The molecule has 0 spiro atoms. The number of alkyl carbamates (subject to hydrolysis) is 1. The summed E-state index contributed by atoms with van der Waals surface area (Å²) in [5, 5.41) is 17.4. The van der Waals surface area contributed by atoms with Crippen LogP contribution in [0.5, 0.6) is 0 Å². The normalized spacial score (nSPS) is 24.5. The first-order valence-electron chi connectivity index (χ1n) is 13.0. The highest BCUT2D eigenvalue weighted by molar-refractivity contribution is 5.69. The van der Waals surface area contributed by atoms with Gasteiger partial charge in [0.05, 0.1) is 24.0 Å². The van der Waals surface area contributed by atoms with Crippen LogP contribution < -0.4 is 10.6 Å². The van der Waals surface area contributed by atoms with E-state index >= 15 is 4.39 Å². The lowest BCUT2D eigenvalue weighted by Gasteiger charge is -2.38. The molecule has 204 valence electrons. The number of alkyl halides is 1. The van der Waals surface area contributed by atoms with Crippen molar-refractivity contribution < 1.29 is 18.7 Å². The summed E-state index contributed by atoms with van der Waals surface area (Å²) in [6, 6.07) is 5.84. The average molecular weight is 537 g/mol. The number of hydrogen-bond donors (Lipinski definition) is 3. The number of aromatic nitrogens is 7. The summed E-state index contributed by atoms with van der Waals surface area (Å²) in [6.45, 7) is 4.46. The molecular formula is C25H29FN10O3. The summed E-state index contributed by atoms with van der Waals surface area (Å²) >= 11 is 0. The first-order valence-corrected chi connectivity index (χ1v) is 13.0. The van der Waals surface area contributed by atoms with Gasteiger partial charge >= 0.3 is 6.09 Å². The molecule has 3 aliphatic rings. The number of rotatable bonds is 8. The van der Waals surface area contributed by atoms with Crippen molar-refractivity contribution in [2.24, 2.45) is 0 Å². The van der Waals surface area contributed by atoms with Crippen LogP contribution in [0.3, 0.4) is 0 Å². The maximum absolute atomic E-state index is 15.1. The van der Waals surface area contributed by atoms with E-state index in [0.29, 0.717) is 23.5 Å². The second kappa shape index (κ2) is 9.31. The molecule has 1 amide bonds. The third-order valence-electron chi connectivity index (χ3n) is 7.54. The van der Waals surface area contributed by atoms with Crippen molar-refractivity contribution in [2.75, 3.05) is 25.0 Å². The monoisotopic (exact) mass is 536 g/mol. The number of carbonyl (C=O) groups is 1.